The Morgan fingerprint density at radius 3 is 2.39 bits per heavy atom. The van der Waals surface area contributed by atoms with Crippen molar-refractivity contribution in [3.63, 3.8) is 0 Å². The van der Waals surface area contributed by atoms with Crippen molar-refractivity contribution in [3.05, 3.63) is 28.2 Å². The molecule has 1 amide bonds. The predicted molar refractivity (Wildman–Crippen MR) is 76.1 cm³/mol. The lowest BCUT2D eigenvalue weighted by Crippen LogP contribution is -2.33. The van der Waals surface area contributed by atoms with E-state index in [0.717, 1.165) is 0 Å². The maximum absolute atomic E-state index is 11.3. The van der Waals surface area contributed by atoms with Gasteiger partial charge in [0.1, 0.15) is 5.75 Å². The number of hydrogen-bond donors (Lipinski definition) is 2. The van der Waals surface area contributed by atoms with Crippen molar-refractivity contribution in [1.29, 1.82) is 0 Å². The van der Waals surface area contributed by atoms with E-state index in [9.17, 15) is 4.79 Å². The molecular weight excluding hydrogens is 298 g/mol. The van der Waals surface area contributed by atoms with E-state index in [-0.39, 0.29) is 24.9 Å². The second-order valence-corrected chi connectivity index (χ2v) is 4.22. The van der Waals surface area contributed by atoms with Gasteiger partial charge < -0.3 is 15.4 Å². The van der Waals surface area contributed by atoms with E-state index < -0.39 is 0 Å². The van der Waals surface area contributed by atoms with Crippen LogP contribution in [0, 0.1) is 0 Å². The van der Waals surface area contributed by atoms with E-state index in [0.29, 0.717) is 28.9 Å². The lowest BCUT2D eigenvalue weighted by molar-refractivity contribution is -0.123. The molecule has 1 rings (SSSR count). The molecule has 0 aliphatic carbocycles. The number of rotatable bonds is 6. The van der Waals surface area contributed by atoms with E-state index in [1.54, 1.807) is 18.2 Å². The van der Waals surface area contributed by atoms with Crippen LogP contribution in [0.1, 0.15) is 0 Å². The number of amides is 1. The molecule has 0 aliphatic heterocycles. The molecule has 0 aromatic heterocycles. The monoisotopic (exact) mass is 312 g/mol. The number of halogens is 3. The first-order valence-electron chi connectivity index (χ1n) is 5.12. The Bertz CT molecular complexity index is 368. The van der Waals surface area contributed by atoms with Gasteiger partial charge >= 0.3 is 0 Å². The molecule has 2 N–H and O–H groups in total. The van der Waals surface area contributed by atoms with Crippen LogP contribution >= 0.6 is 35.6 Å². The first kappa shape index (κ1) is 17.3. The minimum absolute atomic E-state index is 0. The molecule has 0 unspecified atom stereocenters. The summed E-state index contributed by atoms with van der Waals surface area (Å²) in [4.78, 5) is 11.3. The van der Waals surface area contributed by atoms with Gasteiger partial charge in [-0.2, -0.15) is 0 Å². The Labute approximate surface area is 122 Å². The maximum atomic E-state index is 11.3. The van der Waals surface area contributed by atoms with Gasteiger partial charge in [0.15, 0.2) is 6.61 Å². The molecule has 0 atom stereocenters. The SMILES string of the molecule is CNCCNC(=O)COc1cc(Cl)cc(Cl)c1.Cl. The Balaban J connectivity index is 0.00000289. The summed E-state index contributed by atoms with van der Waals surface area (Å²) in [6.45, 7) is 1.23. The van der Waals surface area contributed by atoms with Crippen molar-refractivity contribution < 1.29 is 9.53 Å². The van der Waals surface area contributed by atoms with Crippen LogP contribution in [0.3, 0.4) is 0 Å². The van der Waals surface area contributed by atoms with Gasteiger partial charge in [0.2, 0.25) is 0 Å². The topological polar surface area (TPSA) is 50.4 Å². The van der Waals surface area contributed by atoms with Crippen molar-refractivity contribution in [2.75, 3.05) is 26.7 Å². The summed E-state index contributed by atoms with van der Waals surface area (Å²) in [6.07, 6.45) is 0. The third-order valence-electron chi connectivity index (χ3n) is 1.90. The molecule has 18 heavy (non-hydrogen) atoms. The highest BCUT2D eigenvalue weighted by Gasteiger charge is 2.03. The first-order chi connectivity index (χ1) is 8.11. The molecule has 102 valence electrons. The number of hydrogen-bond acceptors (Lipinski definition) is 3. The van der Waals surface area contributed by atoms with Gasteiger partial charge in [-0.3, -0.25) is 4.79 Å². The predicted octanol–water partition coefficient (Wildman–Crippen LogP) is 2.13. The number of carbonyl (C=O) groups is 1. The maximum Gasteiger partial charge on any atom is 0.257 e. The summed E-state index contributed by atoms with van der Waals surface area (Å²) in [5.41, 5.74) is 0. The lowest BCUT2D eigenvalue weighted by atomic mass is 10.3. The minimum Gasteiger partial charge on any atom is -0.484 e. The van der Waals surface area contributed by atoms with E-state index in [2.05, 4.69) is 10.6 Å². The van der Waals surface area contributed by atoms with Crippen LogP contribution in [-0.2, 0) is 4.79 Å². The summed E-state index contributed by atoms with van der Waals surface area (Å²) in [7, 11) is 1.82. The van der Waals surface area contributed by atoms with Crippen molar-refractivity contribution in [2.24, 2.45) is 0 Å². The molecule has 4 nitrogen and oxygen atoms in total. The number of nitrogens with one attached hydrogen (secondary N) is 2. The average molecular weight is 314 g/mol. The fraction of sp³-hybridized carbons (Fsp3) is 0.364. The minimum atomic E-state index is -0.184. The summed E-state index contributed by atoms with van der Waals surface area (Å²) >= 11 is 11.6. The van der Waals surface area contributed by atoms with Crippen LogP contribution in [0.15, 0.2) is 18.2 Å². The van der Waals surface area contributed by atoms with Crippen molar-refractivity contribution in [2.45, 2.75) is 0 Å². The van der Waals surface area contributed by atoms with Crippen LogP contribution in [0.25, 0.3) is 0 Å². The zero-order chi connectivity index (χ0) is 12.7. The third-order valence-corrected chi connectivity index (χ3v) is 2.34. The van der Waals surface area contributed by atoms with Gasteiger partial charge in [0, 0.05) is 23.1 Å². The van der Waals surface area contributed by atoms with Gasteiger partial charge in [-0.1, -0.05) is 23.2 Å². The van der Waals surface area contributed by atoms with Gasteiger partial charge in [-0.15, -0.1) is 12.4 Å². The number of benzene rings is 1. The molecule has 0 bridgehead atoms. The number of carbonyl (C=O) groups excluding carboxylic acids is 1. The number of likely N-dealkylation sites (N-methyl/N-ethyl adjacent to an activating group) is 1. The van der Waals surface area contributed by atoms with Crippen LogP contribution in [0.2, 0.25) is 10.0 Å². The summed E-state index contributed by atoms with van der Waals surface area (Å²) in [5.74, 6) is 0.294. The smallest absolute Gasteiger partial charge is 0.257 e. The van der Waals surface area contributed by atoms with Gasteiger partial charge in [0.05, 0.1) is 0 Å². The summed E-state index contributed by atoms with van der Waals surface area (Å²) < 4.78 is 5.26. The van der Waals surface area contributed by atoms with Crippen molar-refractivity contribution in [3.8, 4) is 5.75 Å². The molecule has 1 aromatic rings. The quantitative estimate of drug-likeness (QED) is 0.791. The van der Waals surface area contributed by atoms with Gasteiger partial charge in [0.25, 0.3) is 5.91 Å². The molecule has 0 radical (unpaired) electrons. The number of ether oxygens (including phenoxy) is 1. The zero-order valence-corrected chi connectivity index (χ0v) is 12.2. The lowest BCUT2D eigenvalue weighted by Gasteiger charge is -2.07. The van der Waals surface area contributed by atoms with Crippen molar-refractivity contribution >= 4 is 41.5 Å². The molecule has 1 aromatic carbocycles. The van der Waals surface area contributed by atoms with Gasteiger partial charge in [-0.05, 0) is 25.2 Å². The van der Waals surface area contributed by atoms with Crippen molar-refractivity contribution in [1.82, 2.24) is 10.6 Å². The fourth-order valence-corrected chi connectivity index (χ4v) is 1.64. The van der Waals surface area contributed by atoms with Crippen LogP contribution in [-0.4, -0.2) is 32.7 Å². The normalized spacial score (nSPS) is 9.50. The second-order valence-electron chi connectivity index (χ2n) is 3.35. The van der Waals surface area contributed by atoms with E-state index in [1.807, 2.05) is 7.05 Å². The van der Waals surface area contributed by atoms with E-state index in [1.165, 1.54) is 0 Å². The molecule has 7 heteroatoms. The highest BCUT2D eigenvalue weighted by molar-refractivity contribution is 6.34. The van der Waals surface area contributed by atoms with Gasteiger partial charge in [-0.25, -0.2) is 0 Å². The standard InChI is InChI=1S/C11H14Cl2N2O2.ClH/c1-14-2-3-15-11(16)7-17-10-5-8(12)4-9(13)6-10;/h4-6,14H,2-3,7H2,1H3,(H,15,16);1H. The van der Waals surface area contributed by atoms with Crippen LogP contribution in [0.4, 0.5) is 0 Å². The summed E-state index contributed by atoms with van der Waals surface area (Å²) in [6, 6.07) is 4.81. The molecule has 0 heterocycles. The molecule has 0 spiro atoms. The summed E-state index contributed by atoms with van der Waals surface area (Å²) in [5, 5.41) is 6.56. The van der Waals surface area contributed by atoms with E-state index >= 15 is 0 Å². The third kappa shape index (κ3) is 6.91. The molecule has 0 aliphatic rings. The first-order valence-corrected chi connectivity index (χ1v) is 5.87. The molecule has 0 fully saturated rings. The molecule has 0 saturated carbocycles. The fourth-order valence-electron chi connectivity index (χ4n) is 1.14. The Hall–Kier alpha value is -0.680. The Morgan fingerprint density at radius 2 is 1.83 bits per heavy atom. The van der Waals surface area contributed by atoms with Crippen LogP contribution < -0.4 is 15.4 Å². The zero-order valence-electron chi connectivity index (χ0n) is 9.83. The molecule has 0 saturated heterocycles. The Kier molecular flexibility index (Phi) is 8.93. The molecular formula is C11H15Cl3N2O2. The second kappa shape index (κ2) is 9.28. The van der Waals surface area contributed by atoms with E-state index in [4.69, 9.17) is 27.9 Å². The van der Waals surface area contributed by atoms with Crippen LogP contribution in [0.5, 0.6) is 5.75 Å². The Morgan fingerprint density at radius 1 is 1.22 bits per heavy atom. The highest BCUT2D eigenvalue weighted by atomic mass is 35.5. The highest BCUT2D eigenvalue weighted by Crippen LogP contribution is 2.23. The largest absolute Gasteiger partial charge is 0.484 e. The average Bonchev–Trinajstić information content (AvgIpc) is 2.25.